The smallest absolute Gasteiger partial charge is 0.303 e. The molecule has 1 aliphatic heterocycles. The van der Waals surface area contributed by atoms with Gasteiger partial charge >= 0.3 is 5.92 Å². The number of benzene rings is 1. The fourth-order valence-corrected chi connectivity index (χ4v) is 5.04. The summed E-state index contributed by atoms with van der Waals surface area (Å²) in [4.78, 5) is 20.6. The van der Waals surface area contributed by atoms with E-state index in [1.807, 2.05) is 0 Å². The fourth-order valence-electron chi connectivity index (χ4n) is 3.29. The normalized spacial score (nSPS) is 21.8. The first-order valence-corrected chi connectivity index (χ1v) is 12.2. The average Bonchev–Trinajstić information content (AvgIpc) is 3.51. The van der Waals surface area contributed by atoms with E-state index in [1.165, 1.54) is 0 Å². The van der Waals surface area contributed by atoms with Crippen LogP contribution in [0.5, 0.6) is 11.6 Å². The Kier molecular flexibility index (Phi) is 6.23. The zero-order chi connectivity index (χ0) is 22.8. The van der Waals surface area contributed by atoms with Crippen molar-refractivity contribution in [2.75, 3.05) is 12.3 Å². The lowest BCUT2D eigenvalue weighted by Crippen LogP contribution is -2.35. The van der Waals surface area contributed by atoms with Gasteiger partial charge in [-0.1, -0.05) is 24.3 Å². The molecule has 4 rings (SSSR count). The number of nitrogens with zero attached hydrogens (tertiary/aromatic N) is 3. The third-order valence-corrected chi connectivity index (χ3v) is 7.26. The van der Waals surface area contributed by atoms with Gasteiger partial charge in [0.2, 0.25) is 11.7 Å². The van der Waals surface area contributed by atoms with Crippen molar-refractivity contribution in [3.63, 3.8) is 0 Å². The summed E-state index contributed by atoms with van der Waals surface area (Å²) < 4.78 is 50.0. The summed E-state index contributed by atoms with van der Waals surface area (Å²) >= 11 is 0. The van der Waals surface area contributed by atoms with Crippen LogP contribution in [0.2, 0.25) is 0 Å². The number of ether oxygens (including phenoxy) is 1. The Morgan fingerprint density at radius 3 is 2.69 bits per heavy atom. The molecule has 2 unspecified atom stereocenters. The van der Waals surface area contributed by atoms with Gasteiger partial charge in [-0.15, -0.1) is 0 Å². The molecule has 1 N–H and O–H groups in total. The predicted octanol–water partition coefficient (Wildman–Crippen LogP) is 4.27. The lowest BCUT2D eigenvalue weighted by atomic mass is 10.1. The van der Waals surface area contributed by atoms with E-state index in [0.29, 0.717) is 25.0 Å². The Labute approximate surface area is 185 Å². The first kappa shape index (κ1) is 22.3. The van der Waals surface area contributed by atoms with Crippen LogP contribution in [0.3, 0.4) is 0 Å². The highest BCUT2D eigenvalue weighted by Crippen LogP contribution is 2.34. The molecule has 1 saturated carbocycles. The molecular formula is C22H24F2N4O3S. The average molecular weight is 463 g/mol. The van der Waals surface area contributed by atoms with Crippen LogP contribution in [-0.4, -0.2) is 38.4 Å². The van der Waals surface area contributed by atoms with Crippen molar-refractivity contribution in [3.8, 4) is 11.6 Å². The minimum Gasteiger partial charge on any atom is -0.438 e. The molecule has 0 bridgehead atoms. The van der Waals surface area contributed by atoms with E-state index >= 15 is 0 Å². The molecule has 1 fully saturated rings. The van der Waals surface area contributed by atoms with Crippen molar-refractivity contribution in [2.24, 2.45) is 10.3 Å². The summed E-state index contributed by atoms with van der Waals surface area (Å²) in [6.07, 6.45) is 5.43. The standard InChI is InChI=1S/C22H24F2N4O3S/c1-22(23,24)21-25-14-17(20(28-21)31-16-6-3-2-4-7-16)19(29)27-18(15-8-9-15)10-13-32(30)12-5-11-26-32/h2-4,6-7,10,13-15,18H,5,8-9,11-12H2,1H3,(H,27,29)/b13-10+. The molecule has 2 aliphatic rings. The highest BCUT2D eigenvalue weighted by atomic mass is 32.2. The first-order valence-electron chi connectivity index (χ1n) is 10.4. The van der Waals surface area contributed by atoms with Crippen LogP contribution >= 0.6 is 0 Å². The lowest BCUT2D eigenvalue weighted by Gasteiger charge is -2.17. The Bertz CT molecular complexity index is 1140. The van der Waals surface area contributed by atoms with Gasteiger partial charge in [0, 0.05) is 30.8 Å². The number of rotatable bonds is 8. The number of halogens is 2. The maximum atomic E-state index is 13.8. The van der Waals surface area contributed by atoms with Gasteiger partial charge in [0.1, 0.15) is 11.3 Å². The quantitative estimate of drug-likeness (QED) is 0.632. The molecule has 2 atom stereocenters. The Hall–Kier alpha value is -2.88. The Morgan fingerprint density at radius 2 is 2.06 bits per heavy atom. The minimum absolute atomic E-state index is 0.0596. The highest BCUT2D eigenvalue weighted by Gasteiger charge is 2.34. The molecule has 0 radical (unpaired) electrons. The number of carbonyl (C=O) groups is 1. The van der Waals surface area contributed by atoms with Gasteiger partial charge in [-0.25, -0.2) is 13.6 Å². The van der Waals surface area contributed by atoms with Crippen LogP contribution < -0.4 is 10.1 Å². The monoisotopic (exact) mass is 462 g/mol. The number of nitrogens with one attached hydrogen (secondary N) is 1. The topological polar surface area (TPSA) is 93.5 Å². The molecule has 1 aromatic heterocycles. The zero-order valence-corrected chi connectivity index (χ0v) is 18.4. The van der Waals surface area contributed by atoms with Gasteiger partial charge in [0.25, 0.3) is 5.91 Å². The van der Waals surface area contributed by atoms with Crippen molar-refractivity contribution in [2.45, 2.75) is 38.2 Å². The third-order valence-electron chi connectivity index (χ3n) is 5.18. The second-order valence-electron chi connectivity index (χ2n) is 7.98. The number of carbonyl (C=O) groups excluding carboxylic acids is 1. The zero-order valence-electron chi connectivity index (χ0n) is 17.5. The van der Waals surface area contributed by atoms with Crippen LogP contribution in [-0.2, 0) is 15.7 Å². The van der Waals surface area contributed by atoms with Gasteiger partial charge in [0.15, 0.2) is 0 Å². The number of alkyl halides is 2. The second kappa shape index (κ2) is 8.93. The van der Waals surface area contributed by atoms with Gasteiger partial charge in [0.05, 0.1) is 15.8 Å². The van der Waals surface area contributed by atoms with Crippen molar-refractivity contribution in [3.05, 3.63) is 59.4 Å². The third kappa shape index (κ3) is 5.48. The molecule has 10 heteroatoms. The molecule has 32 heavy (non-hydrogen) atoms. The maximum absolute atomic E-state index is 13.8. The van der Waals surface area contributed by atoms with Crippen molar-refractivity contribution >= 4 is 15.6 Å². The van der Waals surface area contributed by atoms with Gasteiger partial charge in [-0.3, -0.25) is 4.79 Å². The molecule has 1 aliphatic carbocycles. The molecule has 170 valence electrons. The van der Waals surface area contributed by atoms with Crippen molar-refractivity contribution < 1.29 is 22.5 Å². The SMILES string of the molecule is CC(F)(F)c1ncc(C(=O)NC(/C=C/S2(=O)=NCCC2)C2CC2)c(Oc2ccccc2)n1. The highest BCUT2D eigenvalue weighted by molar-refractivity contribution is 7.96. The first-order chi connectivity index (χ1) is 15.2. The largest absolute Gasteiger partial charge is 0.438 e. The van der Waals surface area contributed by atoms with E-state index in [-0.39, 0.29) is 23.4 Å². The molecule has 1 amide bonds. The van der Waals surface area contributed by atoms with Gasteiger partial charge < -0.3 is 10.1 Å². The maximum Gasteiger partial charge on any atom is 0.303 e. The van der Waals surface area contributed by atoms with E-state index in [2.05, 4.69) is 19.6 Å². The lowest BCUT2D eigenvalue weighted by molar-refractivity contribution is 0.00707. The number of para-hydroxylation sites is 1. The number of amides is 1. The molecule has 1 aromatic carbocycles. The van der Waals surface area contributed by atoms with Crippen molar-refractivity contribution in [1.29, 1.82) is 0 Å². The van der Waals surface area contributed by atoms with Gasteiger partial charge in [-0.2, -0.15) is 13.8 Å². The van der Waals surface area contributed by atoms with E-state index in [0.717, 1.165) is 25.5 Å². The summed E-state index contributed by atoms with van der Waals surface area (Å²) in [6.45, 7) is 1.26. The van der Waals surface area contributed by atoms with E-state index in [4.69, 9.17) is 4.74 Å². The molecular weight excluding hydrogens is 438 g/mol. The van der Waals surface area contributed by atoms with Crippen LogP contribution in [0.15, 0.2) is 52.4 Å². The van der Waals surface area contributed by atoms with Crippen LogP contribution in [0.25, 0.3) is 0 Å². The van der Waals surface area contributed by atoms with Crippen LogP contribution in [0, 0.1) is 5.92 Å². The molecule has 2 aromatic rings. The molecule has 0 saturated heterocycles. The molecule has 7 nitrogen and oxygen atoms in total. The summed E-state index contributed by atoms with van der Waals surface area (Å²) in [5.41, 5.74) is -0.0596. The Morgan fingerprint density at radius 1 is 1.31 bits per heavy atom. The fraction of sp³-hybridized carbons (Fsp3) is 0.409. The van der Waals surface area contributed by atoms with Crippen molar-refractivity contribution in [1.82, 2.24) is 15.3 Å². The van der Waals surface area contributed by atoms with E-state index < -0.39 is 27.4 Å². The summed E-state index contributed by atoms with van der Waals surface area (Å²) in [7, 11) is -2.37. The summed E-state index contributed by atoms with van der Waals surface area (Å²) in [5.74, 6) is -3.75. The van der Waals surface area contributed by atoms with Crippen LogP contribution in [0.4, 0.5) is 8.78 Å². The molecule has 2 heterocycles. The predicted molar refractivity (Wildman–Crippen MR) is 116 cm³/mol. The van der Waals surface area contributed by atoms with Gasteiger partial charge in [-0.05, 0) is 37.3 Å². The molecule has 0 spiro atoms. The van der Waals surface area contributed by atoms with E-state index in [1.54, 1.807) is 41.8 Å². The summed E-state index contributed by atoms with van der Waals surface area (Å²) in [5, 5.41) is 4.48. The number of hydrogen-bond donors (Lipinski definition) is 1. The number of aromatic nitrogens is 2. The number of hydrogen-bond acceptors (Lipinski definition) is 6. The van der Waals surface area contributed by atoms with Crippen LogP contribution in [0.1, 0.15) is 42.4 Å². The van der Waals surface area contributed by atoms with E-state index in [9.17, 15) is 17.8 Å². The minimum atomic E-state index is -3.29. The second-order valence-corrected chi connectivity index (χ2v) is 10.3. The summed E-state index contributed by atoms with van der Waals surface area (Å²) in [6, 6.07) is 8.12. The Balaban J connectivity index is 1.60.